The van der Waals surface area contributed by atoms with Crippen LogP contribution >= 0.6 is 0 Å². The van der Waals surface area contributed by atoms with Crippen molar-refractivity contribution in [3.05, 3.63) is 29.3 Å². The van der Waals surface area contributed by atoms with Crippen LogP contribution in [-0.2, 0) is 0 Å². The van der Waals surface area contributed by atoms with Crippen molar-refractivity contribution in [1.29, 1.82) is 5.26 Å². The van der Waals surface area contributed by atoms with E-state index >= 15 is 0 Å². The Morgan fingerprint density at radius 2 is 2.24 bits per heavy atom. The number of rotatable bonds is 4. The monoisotopic (exact) mass is 232 g/mol. The molecule has 0 aliphatic heterocycles. The highest BCUT2D eigenvalue weighted by molar-refractivity contribution is 5.94. The topological polar surface area (TPSA) is 64.3 Å². The van der Waals surface area contributed by atoms with Crippen LogP contribution in [0.1, 0.15) is 29.3 Å². The number of aryl methyl sites for hydroxylation is 1. The van der Waals surface area contributed by atoms with Gasteiger partial charge < -0.3 is 10.0 Å². The van der Waals surface area contributed by atoms with Crippen LogP contribution in [0.4, 0.5) is 5.69 Å². The maximum atomic E-state index is 11.1. The number of nitriles is 1. The second kappa shape index (κ2) is 5.35. The van der Waals surface area contributed by atoms with E-state index in [2.05, 4.69) is 6.07 Å². The van der Waals surface area contributed by atoms with Gasteiger partial charge in [0.25, 0.3) is 0 Å². The van der Waals surface area contributed by atoms with Crippen molar-refractivity contribution >= 4 is 11.7 Å². The van der Waals surface area contributed by atoms with Crippen LogP contribution in [-0.4, -0.2) is 24.2 Å². The molecule has 0 amide bonds. The van der Waals surface area contributed by atoms with E-state index in [1.54, 1.807) is 12.1 Å². The van der Waals surface area contributed by atoms with E-state index in [1.807, 2.05) is 31.9 Å². The van der Waals surface area contributed by atoms with Crippen LogP contribution in [0.5, 0.6) is 0 Å². The first kappa shape index (κ1) is 13.0. The van der Waals surface area contributed by atoms with E-state index in [0.717, 1.165) is 5.56 Å². The molecule has 0 saturated carbocycles. The van der Waals surface area contributed by atoms with Gasteiger partial charge in [-0.25, -0.2) is 4.79 Å². The molecule has 17 heavy (non-hydrogen) atoms. The Morgan fingerprint density at radius 1 is 1.59 bits per heavy atom. The number of carboxylic acids is 1. The van der Waals surface area contributed by atoms with Crippen molar-refractivity contribution < 1.29 is 9.90 Å². The summed E-state index contributed by atoms with van der Waals surface area (Å²) in [5.74, 6) is -0.948. The highest BCUT2D eigenvalue weighted by Crippen LogP contribution is 2.23. The molecule has 4 heteroatoms. The van der Waals surface area contributed by atoms with E-state index in [9.17, 15) is 4.79 Å². The standard InChI is InChI=1S/C13H16N2O2/c1-9-4-5-11(13(16)17)12(8-9)15(3)10(2)6-7-14/h4-5,8,10H,6H2,1-3H3,(H,16,17). The number of anilines is 1. The molecule has 1 rings (SSSR count). The van der Waals surface area contributed by atoms with Crippen molar-refractivity contribution in [2.45, 2.75) is 26.3 Å². The SMILES string of the molecule is Cc1ccc(C(=O)O)c(N(C)C(C)CC#N)c1. The molecule has 1 atom stereocenters. The van der Waals surface area contributed by atoms with Gasteiger partial charge in [-0.2, -0.15) is 5.26 Å². The van der Waals surface area contributed by atoms with Crippen molar-refractivity contribution in [2.24, 2.45) is 0 Å². The highest BCUT2D eigenvalue weighted by Gasteiger charge is 2.17. The van der Waals surface area contributed by atoms with Gasteiger partial charge in [-0.1, -0.05) is 6.07 Å². The molecule has 0 saturated heterocycles. The lowest BCUT2D eigenvalue weighted by Gasteiger charge is -2.27. The van der Waals surface area contributed by atoms with E-state index in [0.29, 0.717) is 12.1 Å². The molecule has 1 aromatic carbocycles. The maximum Gasteiger partial charge on any atom is 0.337 e. The van der Waals surface area contributed by atoms with Gasteiger partial charge in [0.1, 0.15) is 0 Å². The average Bonchev–Trinajstić information content (AvgIpc) is 2.27. The zero-order valence-electron chi connectivity index (χ0n) is 10.3. The van der Waals surface area contributed by atoms with Crippen molar-refractivity contribution in [3.63, 3.8) is 0 Å². The van der Waals surface area contributed by atoms with E-state index in [1.165, 1.54) is 0 Å². The van der Waals surface area contributed by atoms with Gasteiger partial charge in [0.15, 0.2) is 0 Å². The number of benzene rings is 1. The second-order valence-electron chi connectivity index (χ2n) is 4.15. The molecule has 0 radical (unpaired) electrons. The van der Waals surface area contributed by atoms with Crippen molar-refractivity contribution in [2.75, 3.05) is 11.9 Å². The molecular formula is C13H16N2O2. The summed E-state index contributed by atoms with van der Waals surface area (Å²) in [6, 6.07) is 7.28. The van der Waals surface area contributed by atoms with Gasteiger partial charge in [0.05, 0.1) is 23.7 Å². The van der Waals surface area contributed by atoms with Gasteiger partial charge in [0, 0.05) is 13.1 Å². The number of carboxylic acid groups (broad SMARTS) is 1. The van der Waals surface area contributed by atoms with Crippen LogP contribution in [0, 0.1) is 18.3 Å². The molecule has 1 unspecified atom stereocenters. The first-order valence-electron chi connectivity index (χ1n) is 5.41. The molecule has 0 aromatic heterocycles. The molecule has 0 bridgehead atoms. The smallest absolute Gasteiger partial charge is 0.337 e. The Balaban J connectivity index is 3.15. The normalized spacial score (nSPS) is 11.6. The van der Waals surface area contributed by atoms with Crippen molar-refractivity contribution in [1.82, 2.24) is 0 Å². The molecule has 0 aliphatic rings. The number of hydrogen-bond acceptors (Lipinski definition) is 3. The molecule has 1 N–H and O–H groups in total. The van der Waals surface area contributed by atoms with Gasteiger partial charge in [-0.15, -0.1) is 0 Å². The Morgan fingerprint density at radius 3 is 2.76 bits per heavy atom. The summed E-state index contributed by atoms with van der Waals surface area (Å²) >= 11 is 0. The van der Waals surface area contributed by atoms with Gasteiger partial charge in [0.2, 0.25) is 0 Å². The fourth-order valence-electron chi connectivity index (χ4n) is 1.62. The number of hydrogen-bond donors (Lipinski definition) is 1. The maximum absolute atomic E-state index is 11.1. The van der Waals surface area contributed by atoms with Crippen LogP contribution in [0.3, 0.4) is 0 Å². The minimum absolute atomic E-state index is 0.0140. The Hall–Kier alpha value is -2.02. The molecule has 1 aromatic rings. The largest absolute Gasteiger partial charge is 0.478 e. The first-order chi connectivity index (χ1) is 7.97. The minimum atomic E-state index is -0.948. The molecule has 0 spiro atoms. The molecule has 0 aliphatic carbocycles. The molecule has 4 nitrogen and oxygen atoms in total. The number of aromatic carboxylic acids is 1. The lowest BCUT2D eigenvalue weighted by Crippen LogP contribution is -2.29. The van der Waals surface area contributed by atoms with E-state index in [4.69, 9.17) is 10.4 Å². The lowest BCUT2D eigenvalue weighted by atomic mass is 10.1. The zero-order chi connectivity index (χ0) is 13.0. The Kier molecular flexibility index (Phi) is 4.11. The summed E-state index contributed by atoms with van der Waals surface area (Å²) in [5.41, 5.74) is 1.92. The third-order valence-corrected chi connectivity index (χ3v) is 2.81. The summed E-state index contributed by atoms with van der Waals surface area (Å²) in [6.07, 6.45) is 0.365. The summed E-state index contributed by atoms with van der Waals surface area (Å²) < 4.78 is 0. The van der Waals surface area contributed by atoms with Gasteiger partial charge in [-0.05, 0) is 31.5 Å². The molecular weight excluding hydrogens is 216 g/mol. The predicted octanol–water partition coefficient (Wildman–Crippen LogP) is 2.43. The Bertz CT molecular complexity index is 463. The molecule has 90 valence electrons. The van der Waals surface area contributed by atoms with Crippen LogP contribution < -0.4 is 4.90 Å². The second-order valence-corrected chi connectivity index (χ2v) is 4.15. The third-order valence-electron chi connectivity index (χ3n) is 2.81. The fourth-order valence-corrected chi connectivity index (χ4v) is 1.62. The fraction of sp³-hybridized carbons (Fsp3) is 0.385. The molecule has 0 heterocycles. The summed E-state index contributed by atoms with van der Waals surface area (Å²) in [6.45, 7) is 3.81. The Labute approximate surface area is 101 Å². The van der Waals surface area contributed by atoms with Crippen LogP contribution in [0.25, 0.3) is 0 Å². The lowest BCUT2D eigenvalue weighted by molar-refractivity contribution is 0.0697. The van der Waals surface area contributed by atoms with Gasteiger partial charge in [-0.3, -0.25) is 0 Å². The van der Waals surface area contributed by atoms with Crippen molar-refractivity contribution in [3.8, 4) is 6.07 Å². The summed E-state index contributed by atoms with van der Waals surface area (Å²) in [5, 5.41) is 17.8. The quantitative estimate of drug-likeness (QED) is 0.865. The molecule has 0 fully saturated rings. The summed E-state index contributed by atoms with van der Waals surface area (Å²) in [7, 11) is 1.81. The highest BCUT2D eigenvalue weighted by atomic mass is 16.4. The zero-order valence-corrected chi connectivity index (χ0v) is 10.3. The minimum Gasteiger partial charge on any atom is -0.478 e. The van der Waals surface area contributed by atoms with Crippen LogP contribution in [0.2, 0.25) is 0 Å². The van der Waals surface area contributed by atoms with E-state index in [-0.39, 0.29) is 11.6 Å². The van der Waals surface area contributed by atoms with Crippen LogP contribution in [0.15, 0.2) is 18.2 Å². The number of carbonyl (C=O) groups is 1. The number of nitrogens with zero attached hydrogens (tertiary/aromatic N) is 2. The van der Waals surface area contributed by atoms with E-state index < -0.39 is 5.97 Å². The third kappa shape index (κ3) is 2.97. The summed E-state index contributed by atoms with van der Waals surface area (Å²) in [4.78, 5) is 13.0. The average molecular weight is 232 g/mol. The predicted molar refractivity (Wildman–Crippen MR) is 66.2 cm³/mol. The first-order valence-corrected chi connectivity index (χ1v) is 5.41. The van der Waals surface area contributed by atoms with Gasteiger partial charge >= 0.3 is 5.97 Å².